The summed E-state index contributed by atoms with van der Waals surface area (Å²) in [7, 11) is 0. The van der Waals surface area contributed by atoms with Gasteiger partial charge in [-0.25, -0.2) is 8.78 Å². The van der Waals surface area contributed by atoms with Crippen molar-refractivity contribution in [3.8, 4) is 17.6 Å². The lowest BCUT2D eigenvalue weighted by Gasteiger charge is -2.49. The van der Waals surface area contributed by atoms with Crippen molar-refractivity contribution < 1.29 is 43.1 Å². The van der Waals surface area contributed by atoms with Crippen molar-refractivity contribution in [2.24, 2.45) is 5.41 Å². The molecule has 4 atom stereocenters. The maximum Gasteiger partial charge on any atom is 0.326 e. The molecule has 288 valence electrons. The van der Waals surface area contributed by atoms with E-state index in [1.807, 2.05) is 12.1 Å². The van der Waals surface area contributed by atoms with Gasteiger partial charge in [0.1, 0.15) is 41.9 Å². The van der Waals surface area contributed by atoms with Crippen molar-refractivity contribution in [1.29, 1.82) is 5.26 Å². The number of pyridine rings is 1. The van der Waals surface area contributed by atoms with E-state index in [4.69, 9.17) is 25.8 Å². The van der Waals surface area contributed by atoms with Crippen LogP contribution in [0.2, 0.25) is 5.02 Å². The van der Waals surface area contributed by atoms with Gasteiger partial charge in [-0.15, -0.1) is 0 Å². The first-order valence-electron chi connectivity index (χ1n) is 17.6. The highest BCUT2D eigenvalue weighted by molar-refractivity contribution is 6.32. The summed E-state index contributed by atoms with van der Waals surface area (Å²) in [5, 5.41) is 41.7. The Morgan fingerprint density at radius 2 is 1.98 bits per heavy atom. The summed E-state index contributed by atoms with van der Waals surface area (Å²) in [5.74, 6) is -0.955. The minimum atomic E-state index is -2.89. The largest absolute Gasteiger partial charge is 0.488 e. The van der Waals surface area contributed by atoms with Gasteiger partial charge in [0, 0.05) is 62.4 Å². The molecule has 2 heterocycles. The molecule has 1 aliphatic heterocycles. The van der Waals surface area contributed by atoms with Crippen molar-refractivity contribution in [2.45, 2.75) is 63.5 Å². The van der Waals surface area contributed by atoms with Gasteiger partial charge in [0.2, 0.25) is 0 Å². The van der Waals surface area contributed by atoms with E-state index in [0.717, 1.165) is 6.54 Å². The SMILES string of the molecule is CC(CO)(NCc1cc(Cl)c(OCC2(OCCCN3CC[C@@H](O)C3)C=CC=C(c3ccccc3)C2(C)C(F)F)cc1OCc1cncc(C#N)c1)C(=O)O. The lowest BCUT2D eigenvalue weighted by Crippen LogP contribution is -2.57. The van der Waals surface area contributed by atoms with Crippen LogP contribution in [-0.4, -0.2) is 94.3 Å². The van der Waals surface area contributed by atoms with Crippen LogP contribution in [0.15, 0.2) is 79.2 Å². The van der Waals surface area contributed by atoms with Crippen LogP contribution >= 0.6 is 11.6 Å². The number of aliphatic hydroxyl groups is 2. The number of aliphatic hydroxyl groups excluding tert-OH is 2. The summed E-state index contributed by atoms with van der Waals surface area (Å²) in [4.78, 5) is 18.1. The van der Waals surface area contributed by atoms with E-state index in [2.05, 4.69) is 15.2 Å². The molecule has 1 saturated heterocycles. The summed E-state index contributed by atoms with van der Waals surface area (Å²) in [6.07, 6.45) is 5.85. The fourth-order valence-corrected chi connectivity index (χ4v) is 6.85. The first-order valence-corrected chi connectivity index (χ1v) is 18.0. The van der Waals surface area contributed by atoms with Crippen molar-refractivity contribution in [3.63, 3.8) is 0 Å². The highest BCUT2D eigenvalue weighted by Gasteiger charge is 2.58. The number of benzene rings is 2. The van der Waals surface area contributed by atoms with E-state index in [-0.39, 0.29) is 49.0 Å². The molecule has 2 aliphatic rings. The van der Waals surface area contributed by atoms with E-state index in [0.29, 0.717) is 53.8 Å². The Morgan fingerprint density at radius 1 is 1.20 bits per heavy atom. The Bertz CT molecular complexity index is 1880. The Morgan fingerprint density at radius 3 is 2.65 bits per heavy atom. The number of carboxylic acids is 1. The molecular formula is C40H45ClF2N4O7. The van der Waals surface area contributed by atoms with E-state index < -0.39 is 35.6 Å². The fourth-order valence-electron chi connectivity index (χ4n) is 6.61. The topological polar surface area (TPSA) is 157 Å². The number of β-amino-alcohol motifs (C(OH)–C–C–N with tert-alkyl or cyclic N) is 1. The van der Waals surface area contributed by atoms with Crippen LogP contribution in [0, 0.1) is 16.7 Å². The monoisotopic (exact) mass is 766 g/mol. The number of hydrogen-bond donors (Lipinski definition) is 4. The maximum absolute atomic E-state index is 15.7. The minimum absolute atomic E-state index is 0.0364. The zero-order valence-electron chi connectivity index (χ0n) is 30.2. The molecule has 14 heteroatoms. The number of carbonyl (C=O) groups is 1. The summed E-state index contributed by atoms with van der Waals surface area (Å²) in [6.45, 7) is 3.65. The number of hydrogen-bond acceptors (Lipinski definition) is 10. The standard InChI is InChI=1S/C40H45ClF2N4O7/c1-38(25-48,37(50)51)46-22-30-17-33(41)35(18-34(30)52-24-28-16-27(19-44)20-45-21-28)53-26-40(54-15-7-13-47-14-11-31(49)23-47)12-6-10-32(39(40,2)36(42)43)29-8-4-3-5-9-29/h3-6,8-10,12,16-18,20-21,31,36,46,48-49H,7,11,13-15,22-26H2,1-2H3,(H,50,51)/t31-,38?,39?,40?/m1/s1. The van der Waals surface area contributed by atoms with Crippen LogP contribution < -0.4 is 14.8 Å². The van der Waals surface area contributed by atoms with Crippen molar-refractivity contribution in [1.82, 2.24) is 15.2 Å². The molecule has 5 rings (SSSR count). The second-order valence-electron chi connectivity index (χ2n) is 14.0. The molecule has 2 aromatic carbocycles. The zero-order valence-corrected chi connectivity index (χ0v) is 30.9. The molecule has 1 aromatic heterocycles. The van der Waals surface area contributed by atoms with Gasteiger partial charge in [0.25, 0.3) is 6.43 Å². The molecule has 11 nitrogen and oxygen atoms in total. The second kappa shape index (κ2) is 17.8. The van der Waals surface area contributed by atoms with Gasteiger partial charge in [0.05, 0.1) is 28.7 Å². The summed E-state index contributed by atoms with van der Waals surface area (Å²) in [6, 6.07) is 15.6. The lowest BCUT2D eigenvalue weighted by atomic mass is 9.64. The van der Waals surface area contributed by atoms with Crippen LogP contribution in [0.5, 0.6) is 11.5 Å². The molecule has 0 saturated carbocycles. The van der Waals surface area contributed by atoms with Gasteiger partial charge < -0.3 is 34.4 Å². The van der Waals surface area contributed by atoms with Crippen LogP contribution in [-0.2, 0) is 22.7 Å². The first kappa shape index (κ1) is 40.8. The van der Waals surface area contributed by atoms with E-state index in [1.54, 1.807) is 48.6 Å². The van der Waals surface area contributed by atoms with Crippen LogP contribution in [0.4, 0.5) is 8.78 Å². The number of alkyl halides is 2. The molecule has 0 amide bonds. The van der Waals surface area contributed by atoms with Crippen molar-refractivity contribution >= 4 is 23.1 Å². The Hall–Kier alpha value is -4.42. The van der Waals surface area contributed by atoms with E-state index in [9.17, 15) is 25.4 Å². The highest BCUT2D eigenvalue weighted by atomic mass is 35.5. The Balaban J connectivity index is 1.47. The Labute approximate surface area is 318 Å². The third kappa shape index (κ3) is 9.09. The van der Waals surface area contributed by atoms with Crippen molar-refractivity contribution in [3.05, 3.63) is 106 Å². The molecular weight excluding hydrogens is 722 g/mol. The average molecular weight is 767 g/mol. The quantitative estimate of drug-likeness (QED) is 0.119. The number of nitrogens with one attached hydrogen (secondary N) is 1. The molecule has 3 unspecified atom stereocenters. The molecule has 1 aliphatic carbocycles. The number of nitrogens with zero attached hydrogens (tertiary/aromatic N) is 3. The van der Waals surface area contributed by atoms with Gasteiger partial charge in [-0.2, -0.15) is 5.26 Å². The van der Waals surface area contributed by atoms with Gasteiger partial charge in [-0.05, 0) is 56.0 Å². The molecule has 1 fully saturated rings. The minimum Gasteiger partial charge on any atom is -0.488 e. The zero-order chi connectivity index (χ0) is 38.9. The number of halogens is 3. The number of nitriles is 1. The van der Waals surface area contributed by atoms with Gasteiger partial charge >= 0.3 is 5.97 Å². The smallest absolute Gasteiger partial charge is 0.326 e. The normalized spacial score (nSPS) is 22.4. The van der Waals surface area contributed by atoms with Crippen LogP contribution in [0.1, 0.15) is 48.9 Å². The van der Waals surface area contributed by atoms with Crippen molar-refractivity contribution in [2.75, 3.05) is 39.5 Å². The summed E-state index contributed by atoms with van der Waals surface area (Å²) >= 11 is 6.77. The fraction of sp³-hybridized carbons (Fsp3) is 0.425. The highest BCUT2D eigenvalue weighted by Crippen LogP contribution is 2.53. The lowest BCUT2D eigenvalue weighted by molar-refractivity contribution is -0.146. The molecule has 54 heavy (non-hydrogen) atoms. The Kier molecular flexibility index (Phi) is 13.4. The molecule has 0 radical (unpaired) electrons. The van der Waals surface area contributed by atoms with E-state index >= 15 is 8.78 Å². The summed E-state index contributed by atoms with van der Waals surface area (Å²) in [5.41, 5.74) is -2.93. The molecule has 4 N–H and O–H groups in total. The van der Waals surface area contributed by atoms with Crippen LogP contribution in [0.3, 0.4) is 0 Å². The molecule has 3 aromatic rings. The third-order valence-electron chi connectivity index (χ3n) is 10.1. The first-order chi connectivity index (χ1) is 25.8. The predicted molar refractivity (Wildman–Crippen MR) is 198 cm³/mol. The number of aromatic nitrogens is 1. The van der Waals surface area contributed by atoms with Gasteiger partial charge in [0.15, 0.2) is 0 Å². The number of likely N-dealkylation sites (tertiary alicyclic amines) is 1. The maximum atomic E-state index is 15.7. The number of rotatable bonds is 18. The molecule has 0 bridgehead atoms. The molecule has 0 spiro atoms. The number of ether oxygens (including phenoxy) is 3. The second-order valence-corrected chi connectivity index (χ2v) is 14.4. The number of aliphatic carboxylic acids is 1. The predicted octanol–water partition coefficient (Wildman–Crippen LogP) is 5.63. The van der Waals surface area contributed by atoms with Crippen LogP contribution in [0.25, 0.3) is 5.57 Å². The average Bonchev–Trinajstić information content (AvgIpc) is 3.60. The number of allylic oxidation sites excluding steroid dienone is 2. The third-order valence-corrected chi connectivity index (χ3v) is 10.4. The van der Waals surface area contributed by atoms with Gasteiger partial charge in [-0.3, -0.25) is 15.1 Å². The number of carboxylic acid groups (broad SMARTS) is 1. The summed E-state index contributed by atoms with van der Waals surface area (Å²) < 4.78 is 50.3. The van der Waals surface area contributed by atoms with E-state index in [1.165, 1.54) is 38.4 Å². The van der Waals surface area contributed by atoms with Gasteiger partial charge in [-0.1, -0.05) is 54.1 Å².